The van der Waals surface area contributed by atoms with Gasteiger partial charge in [-0.2, -0.15) is 0 Å². The van der Waals surface area contributed by atoms with Crippen LogP contribution in [0.5, 0.6) is 0 Å². The summed E-state index contributed by atoms with van der Waals surface area (Å²) < 4.78 is 5.70. The first-order valence-electron chi connectivity index (χ1n) is 6.43. The van der Waals surface area contributed by atoms with Gasteiger partial charge < -0.3 is 4.42 Å². The molecule has 0 fully saturated rings. The summed E-state index contributed by atoms with van der Waals surface area (Å²) in [6.45, 7) is 6.03. The molecule has 0 saturated carbocycles. The van der Waals surface area contributed by atoms with Crippen LogP contribution in [0.25, 0.3) is 0 Å². The molecule has 0 amide bonds. The van der Waals surface area contributed by atoms with Gasteiger partial charge >= 0.3 is 0 Å². The average molecular weight is 243 g/mol. The van der Waals surface area contributed by atoms with Crippen molar-refractivity contribution in [1.82, 2.24) is 4.90 Å². The van der Waals surface area contributed by atoms with Crippen LogP contribution in [-0.2, 0) is 13.0 Å². The van der Waals surface area contributed by atoms with Crippen molar-refractivity contribution < 1.29 is 4.42 Å². The van der Waals surface area contributed by atoms with Gasteiger partial charge in [-0.05, 0) is 44.5 Å². The van der Waals surface area contributed by atoms with E-state index in [4.69, 9.17) is 4.42 Å². The van der Waals surface area contributed by atoms with Crippen molar-refractivity contribution in [2.45, 2.75) is 26.8 Å². The van der Waals surface area contributed by atoms with Gasteiger partial charge in [0.1, 0.15) is 11.5 Å². The summed E-state index contributed by atoms with van der Waals surface area (Å²) in [5.41, 5.74) is 2.62. The van der Waals surface area contributed by atoms with Crippen molar-refractivity contribution in [3.63, 3.8) is 0 Å². The fourth-order valence-corrected chi connectivity index (χ4v) is 2.04. The molecule has 0 atom stereocenters. The Balaban J connectivity index is 1.84. The predicted octanol–water partition coefficient (Wildman–Crippen LogP) is 3.57. The van der Waals surface area contributed by atoms with Crippen LogP contribution in [0.15, 0.2) is 40.8 Å². The van der Waals surface area contributed by atoms with E-state index in [1.165, 1.54) is 11.1 Å². The van der Waals surface area contributed by atoms with Gasteiger partial charge in [-0.1, -0.05) is 30.3 Å². The molecule has 1 aromatic heterocycles. The van der Waals surface area contributed by atoms with Gasteiger partial charge in [0.25, 0.3) is 0 Å². The standard InChI is InChI=1S/C16H21NO/c1-13-11-16(18-14(13)2)12-17(3)10-9-15-7-5-4-6-8-15/h4-8,11H,9-10,12H2,1-3H3. The molecule has 1 aromatic carbocycles. The molecular formula is C16H21NO. The highest BCUT2D eigenvalue weighted by atomic mass is 16.3. The Labute approximate surface area is 109 Å². The first-order valence-corrected chi connectivity index (χ1v) is 6.43. The van der Waals surface area contributed by atoms with Gasteiger partial charge in [-0.3, -0.25) is 4.90 Å². The monoisotopic (exact) mass is 243 g/mol. The zero-order chi connectivity index (χ0) is 13.0. The van der Waals surface area contributed by atoms with Crippen molar-refractivity contribution in [3.05, 3.63) is 59.0 Å². The third kappa shape index (κ3) is 3.47. The van der Waals surface area contributed by atoms with Crippen molar-refractivity contribution in [2.24, 2.45) is 0 Å². The highest BCUT2D eigenvalue weighted by Crippen LogP contribution is 2.14. The van der Waals surface area contributed by atoms with E-state index in [9.17, 15) is 0 Å². The van der Waals surface area contributed by atoms with Gasteiger partial charge in [0.05, 0.1) is 6.54 Å². The van der Waals surface area contributed by atoms with Crippen LogP contribution in [0.4, 0.5) is 0 Å². The van der Waals surface area contributed by atoms with E-state index in [-0.39, 0.29) is 0 Å². The fraction of sp³-hybridized carbons (Fsp3) is 0.375. The highest BCUT2D eigenvalue weighted by Gasteiger charge is 2.06. The molecule has 0 saturated heterocycles. The first kappa shape index (κ1) is 12.9. The lowest BCUT2D eigenvalue weighted by Crippen LogP contribution is -2.20. The second kappa shape index (κ2) is 5.87. The molecule has 2 aromatic rings. The third-order valence-electron chi connectivity index (χ3n) is 3.27. The molecule has 0 bridgehead atoms. The molecule has 0 aliphatic rings. The minimum Gasteiger partial charge on any atom is -0.465 e. The smallest absolute Gasteiger partial charge is 0.118 e. The summed E-state index contributed by atoms with van der Waals surface area (Å²) in [5.74, 6) is 2.09. The van der Waals surface area contributed by atoms with Crippen LogP contribution >= 0.6 is 0 Å². The molecular weight excluding hydrogens is 222 g/mol. The van der Waals surface area contributed by atoms with Gasteiger partial charge in [0.15, 0.2) is 0 Å². The van der Waals surface area contributed by atoms with Crippen molar-refractivity contribution in [3.8, 4) is 0 Å². The number of hydrogen-bond donors (Lipinski definition) is 0. The molecule has 2 rings (SSSR count). The number of rotatable bonds is 5. The van der Waals surface area contributed by atoms with E-state index < -0.39 is 0 Å². The Morgan fingerprint density at radius 1 is 1.11 bits per heavy atom. The van der Waals surface area contributed by atoms with Crippen LogP contribution in [0, 0.1) is 13.8 Å². The Hall–Kier alpha value is -1.54. The maximum Gasteiger partial charge on any atom is 0.118 e. The first-order chi connectivity index (χ1) is 8.65. The molecule has 0 radical (unpaired) electrons. The lowest BCUT2D eigenvalue weighted by molar-refractivity contribution is 0.295. The molecule has 0 N–H and O–H groups in total. The Morgan fingerprint density at radius 2 is 1.83 bits per heavy atom. The van der Waals surface area contributed by atoms with Crippen LogP contribution in [0.1, 0.15) is 22.6 Å². The largest absolute Gasteiger partial charge is 0.465 e. The quantitative estimate of drug-likeness (QED) is 0.798. The molecule has 0 aliphatic heterocycles. The molecule has 1 heterocycles. The van der Waals surface area contributed by atoms with Crippen molar-refractivity contribution in [1.29, 1.82) is 0 Å². The lowest BCUT2D eigenvalue weighted by atomic mass is 10.1. The van der Waals surface area contributed by atoms with Crippen molar-refractivity contribution >= 4 is 0 Å². The van der Waals surface area contributed by atoms with E-state index >= 15 is 0 Å². The van der Waals surface area contributed by atoms with E-state index in [1.807, 2.05) is 6.92 Å². The number of benzene rings is 1. The Morgan fingerprint density at radius 3 is 2.44 bits per heavy atom. The fourth-order valence-electron chi connectivity index (χ4n) is 2.04. The minimum atomic E-state index is 0.877. The summed E-state index contributed by atoms with van der Waals surface area (Å²) in [6.07, 6.45) is 1.08. The van der Waals surface area contributed by atoms with Crippen LogP contribution in [-0.4, -0.2) is 18.5 Å². The molecule has 96 valence electrons. The number of hydrogen-bond acceptors (Lipinski definition) is 2. The molecule has 0 unspecified atom stereocenters. The maximum absolute atomic E-state index is 5.70. The number of nitrogens with zero attached hydrogens (tertiary/aromatic N) is 1. The molecule has 0 aliphatic carbocycles. The number of furan rings is 1. The SMILES string of the molecule is Cc1cc(CN(C)CCc2ccccc2)oc1C. The number of likely N-dealkylation sites (N-methyl/N-ethyl adjacent to an activating group) is 1. The molecule has 2 nitrogen and oxygen atoms in total. The zero-order valence-corrected chi connectivity index (χ0v) is 11.4. The average Bonchev–Trinajstić information content (AvgIpc) is 2.67. The van der Waals surface area contributed by atoms with Crippen LogP contribution < -0.4 is 0 Å². The Kier molecular flexibility index (Phi) is 4.21. The highest BCUT2D eigenvalue weighted by molar-refractivity contribution is 5.18. The van der Waals surface area contributed by atoms with E-state index in [0.717, 1.165) is 31.0 Å². The summed E-state index contributed by atoms with van der Waals surface area (Å²) in [5, 5.41) is 0. The third-order valence-corrected chi connectivity index (χ3v) is 3.27. The van der Waals surface area contributed by atoms with Crippen molar-refractivity contribution in [2.75, 3.05) is 13.6 Å². The second-order valence-corrected chi connectivity index (χ2v) is 4.93. The van der Waals surface area contributed by atoms with E-state index in [2.05, 4.69) is 55.3 Å². The van der Waals surface area contributed by atoms with Gasteiger partial charge in [0, 0.05) is 6.54 Å². The second-order valence-electron chi connectivity index (χ2n) is 4.93. The summed E-state index contributed by atoms with van der Waals surface area (Å²) in [6, 6.07) is 12.7. The van der Waals surface area contributed by atoms with Gasteiger partial charge in [-0.15, -0.1) is 0 Å². The summed E-state index contributed by atoms with van der Waals surface area (Å²) in [4.78, 5) is 2.30. The van der Waals surface area contributed by atoms with Gasteiger partial charge in [0.2, 0.25) is 0 Å². The normalized spacial score (nSPS) is 11.1. The zero-order valence-electron chi connectivity index (χ0n) is 11.4. The lowest BCUT2D eigenvalue weighted by Gasteiger charge is -2.14. The van der Waals surface area contributed by atoms with Gasteiger partial charge in [-0.25, -0.2) is 0 Å². The summed E-state index contributed by atoms with van der Waals surface area (Å²) in [7, 11) is 2.14. The molecule has 18 heavy (non-hydrogen) atoms. The maximum atomic E-state index is 5.70. The Bertz CT molecular complexity index is 468. The minimum absolute atomic E-state index is 0.877. The van der Waals surface area contributed by atoms with Crippen LogP contribution in [0.3, 0.4) is 0 Å². The van der Waals surface area contributed by atoms with E-state index in [1.54, 1.807) is 0 Å². The summed E-state index contributed by atoms with van der Waals surface area (Å²) >= 11 is 0. The molecule has 0 spiro atoms. The predicted molar refractivity (Wildman–Crippen MR) is 74.7 cm³/mol. The molecule has 2 heteroatoms. The number of aryl methyl sites for hydroxylation is 2. The van der Waals surface area contributed by atoms with Crippen LogP contribution in [0.2, 0.25) is 0 Å². The topological polar surface area (TPSA) is 16.4 Å². The van der Waals surface area contributed by atoms with E-state index in [0.29, 0.717) is 0 Å².